The number of para-hydroxylation sites is 1. The molecule has 0 atom stereocenters. The zero-order chi connectivity index (χ0) is 21.9. The minimum absolute atomic E-state index is 0.327. The molecule has 1 fully saturated rings. The predicted octanol–water partition coefficient (Wildman–Crippen LogP) is 6.08. The molecule has 5 rings (SSSR count). The molecule has 4 aromatic rings. The molecule has 1 saturated carbocycles. The SMILES string of the molecule is O=CCC1CCC(c2ccc(-n3c(Nc4ccccc4)nc4c(Cl)ncnc43)cc2)CC1. The van der Waals surface area contributed by atoms with Gasteiger partial charge in [0, 0.05) is 12.1 Å². The number of halogens is 1. The first-order chi connectivity index (χ1) is 15.7. The van der Waals surface area contributed by atoms with Gasteiger partial charge in [0.2, 0.25) is 5.95 Å². The van der Waals surface area contributed by atoms with Crippen molar-refractivity contribution in [3.8, 4) is 5.69 Å². The first-order valence-corrected chi connectivity index (χ1v) is 11.4. The van der Waals surface area contributed by atoms with Crippen molar-refractivity contribution < 1.29 is 4.79 Å². The van der Waals surface area contributed by atoms with Crippen molar-refractivity contribution in [2.45, 2.75) is 38.0 Å². The van der Waals surface area contributed by atoms with Crippen LogP contribution in [0.15, 0.2) is 60.9 Å². The molecule has 32 heavy (non-hydrogen) atoms. The molecule has 2 aromatic heterocycles. The van der Waals surface area contributed by atoms with Gasteiger partial charge in [0.05, 0.1) is 5.69 Å². The molecule has 1 aliphatic carbocycles. The number of fused-ring (bicyclic) bond motifs is 1. The van der Waals surface area contributed by atoms with E-state index in [0.717, 1.165) is 43.3 Å². The molecule has 7 heteroatoms. The van der Waals surface area contributed by atoms with Crippen molar-refractivity contribution in [2.75, 3.05) is 5.32 Å². The Hall–Kier alpha value is -3.25. The maximum absolute atomic E-state index is 10.8. The lowest BCUT2D eigenvalue weighted by Crippen LogP contribution is -2.13. The lowest BCUT2D eigenvalue weighted by Gasteiger charge is -2.27. The molecule has 0 radical (unpaired) electrons. The van der Waals surface area contributed by atoms with Gasteiger partial charge in [0.25, 0.3) is 0 Å². The monoisotopic (exact) mass is 445 g/mol. The summed E-state index contributed by atoms with van der Waals surface area (Å²) in [5.74, 6) is 1.73. The number of benzene rings is 2. The van der Waals surface area contributed by atoms with Gasteiger partial charge in [-0.2, -0.15) is 0 Å². The van der Waals surface area contributed by atoms with E-state index in [1.807, 2.05) is 34.9 Å². The normalized spacial score (nSPS) is 18.5. The van der Waals surface area contributed by atoms with Gasteiger partial charge in [-0.15, -0.1) is 0 Å². The van der Waals surface area contributed by atoms with E-state index < -0.39 is 0 Å². The Morgan fingerprint density at radius 2 is 1.75 bits per heavy atom. The van der Waals surface area contributed by atoms with E-state index in [0.29, 0.717) is 40.5 Å². The van der Waals surface area contributed by atoms with Crippen molar-refractivity contribution >= 4 is 40.7 Å². The summed E-state index contributed by atoms with van der Waals surface area (Å²) in [6.45, 7) is 0. The number of hydrogen-bond donors (Lipinski definition) is 1. The first-order valence-electron chi connectivity index (χ1n) is 11.0. The van der Waals surface area contributed by atoms with Crippen LogP contribution in [0.25, 0.3) is 16.9 Å². The van der Waals surface area contributed by atoms with Gasteiger partial charge in [-0.1, -0.05) is 41.9 Å². The average Bonchev–Trinajstić information content (AvgIpc) is 3.20. The third-order valence-corrected chi connectivity index (χ3v) is 6.61. The molecule has 0 amide bonds. The van der Waals surface area contributed by atoms with E-state index in [1.165, 1.54) is 11.9 Å². The summed E-state index contributed by atoms with van der Waals surface area (Å²) >= 11 is 6.32. The number of rotatable bonds is 6. The Labute approximate surface area is 191 Å². The number of aromatic nitrogens is 4. The highest BCUT2D eigenvalue weighted by atomic mass is 35.5. The Bertz CT molecular complexity index is 1210. The van der Waals surface area contributed by atoms with E-state index in [1.54, 1.807) is 0 Å². The van der Waals surface area contributed by atoms with Crippen molar-refractivity contribution in [3.05, 3.63) is 71.6 Å². The van der Waals surface area contributed by atoms with Crippen LogP contribution in [-0.2, 0) is 4.79 Å². The Morgan fingerprint density at radius 1 is 1.00 bits per heavy atom. The number of carbonyl (C=O) groups is 1. The lowest BCUT2D eigenvalue weighted by atomic mass is 9.78. The molecule has 162 valence electrons. The molecule has 1 N–H and O–H groups in total. The fourth-order valence-corrected chi connectivity index (χ4v) is 4.78. The summed E-state index contributed by atoms with van der Waals surface area (Å²) in [4.78, 5) is 24.0. The maximum atomic E-state index is 10.8. The van der Waals surface area contributed by atoms with Gasteiger partial charge in [-0.05, 0) is 67.3 Å². The third kappa shape index (κ3) is 4.10. The number of imidazole rings is 1. The summed E-state index contributed by atoms with van der Waals surface area (Å²) in [7, 11) is 0. The number of nitrogens with one attached hydrogen (secondary N) is 1. The van der Waals surface area contributed by atoms with Gasteiger partial charge < -0.3 is 10.1 Å². The number of aldehydes is 1. The van der Waals surface area contributed by atoms with Gasteiger partial charge in [-0.25, -0.2) is 15.0 Å². The molecule has 2 heterocycles. The van der Waals surface area contributed by atoms with Crippen LogP contribution in [0, 0.1) is 5.92 Å². The summed E-state index contributed by atoms with van der Waals surface area (Å²) in [5.41, 5.74) is 4.44. The Kier molecular flexibility index (Phi) is 5.86. The average molecular weight is 446 g/mol. The minimum atomic E-state index is 0.327. The molecule has 1 aliphatic rings. The number of carbonyl (C=O) groups excluding carboxylic acids is 1. The standard InChI is InChI=1S/C25H24ClN5O/c26-23-22-24(28-16-27-23)31(25(30-22)29-20-4-2-1-3-5-20)21-12-10-19(11-13-21)18-8-6-17(7-9-18)14-15-32/h1-5,10-13,15-18H,6-9,14H2,(H,29,30). The van der Waals surface area contributed by atoms with Crippen molar-refractivity contribution in [1.82, 2.24) is 19.5 Å². The van der Waals surface area contributed by atoms with Crippen molar-refractivity contribution in [2.24, 2.45) is 5.92 Å². The maximum Gasteiger partial charge on any atom is 0.214 e. The van der Waals surface area contributed by atoms with Crippen LogP contribution in [0.5, 0.6) is 0 Å². The highest BCUT2D eigenvalue weighted by molar-refractivity contribution is 6.33. The van der Waals surface area contributed by atoms with Gasteiger partial charge in [-0.3, -0.25) is 4.57 Å². The quantitative estimate of drug-likeness (QED) is 0.288. The van der Waals surface area contributed by atoms with E-state index >= 15 is 0 Å². The zero-order valence-corrected chi connectivity index (χ0v) is 18.4. The second-order valence-electron chi connectivity index (χ2n) is 8.31. The number of hydrogen-bond acceptors (Lipinski definition) is 5. The highest BCUT2D eigenvalue weighted by Crippen LogP contribution is 2.37. The lowest BCUT2D eigenvalue weighted by molar-refractivity contribution is -0.108. The molecular weight excluding hydrogens is 422 g/mol. The van der Waals surface area contributed by atoms with E-state index in [4.69, 9.17) is 11.6 Å². The number of nitrogens with zero attached hydrogens (tertiary/aromatic N) is 4. The smallest absolute Gasteiger partial charge is 0.214 e. The van der Waals surface area contributed by atoms with Crippen LogP contribution < -0.4 is 5.32 Å². The third-order valence-electron chi connectivity index (χ3n) is 6.33. The van der Waals surface area contributed by atoms with Crippen LogP contribution in [0.3, 0.4) is 0 Å². The van der Waals surface area contributed by atoms with Crippen LogP contribution in [-0.4, -0.2) is 25.8 Å². The molecule has 6 nitrogen and oxygen atoms in total. The minimum Gasteiger partial charge on any atom is -0.325 e. The molecule has 0 aliphatic heterocycles. The number of anilines is 2. The first kappa shape index (κ1) is 20.6. The van der Waals surface area contributed by atoms with Gasteiger partial charge in [0.15, 0.2) is 10.8 Å². The summed E-state index contributed by atoms with van der Waals surface area (Å²) in [6, 6.07) is 18.5. The van der Waals surface area contributed by atoms with Crippen molar-refractivity contribution in [3.63, 3.8) is 0 Å². The van der Waals surface area contributed by atoms with E-state index in [9.17, 15) is 4.79 Å². The Morgan fingerprint density at radius 3 is 2.47 bits per heavy atom. The molecule has 0 bridgehead atoms. The Balaban J connectivity index is 1.47. The van der Waals surface area contributed by atoms with Crippen LogP contribution in [0.2, 0.25) is 5.15 Å². The van der Waals surface area contributed by atoms with Gasteiger partial charge >= 0.3 is 0 Å². The summed E-state index contributed by atoms with van der Waals surface area (Å²) in [6.07, 6.45) is 7.73. The van der Waals surface area contributed by atoms with Crippen molar-refractivity contribution in [1.29, 1.82) is 0 Å². The highest BCUT2D eigenvalue weighted by Gasteiger charge is 2.22. The topological polar surface area (TPSA) is 72.7 Å². The van der Waals surface area contributed by atoms with Crippen LogP contribution >= 0.6 is 11.6 Å². The van der Waals surface area contributed by atoms with Crippen LogP contribution in [0.4, 0.5) is 11.6 Å². The largest absolute Gasteiger partial charge is 0.325 e. The summed E-state index contributed by atoms with van der Waals surface area (Å²) < 4.78 is 1.97. The fraction of sp³-hybridized carbons (Fsp3) is 0.280. The fourth-order valence-electron chi connectivity index (χ4n) is 4.61. The molecular formula is C25H24ClN5O. The van der Waals surface area contributed by atoms with Gasteiger partial charge in [0.1, 0.15) is 18.1 Å². The second-order valence-corrected chi connectivity index (χ2v) is 8.67. The molecule has 0 unspecified atom stereocenters. The van der Waals surface area contributed by atoms with E-state index in [2.05, 4.69) is 44.5 Å². The van der Waals surface area contributed by atoms with Crippen LogP contribution in [0.1, 0.15) is 43.6 Å². The predicted molar refractivity (Wildman–Crippen MR) is 127 cm³/mol. The zero-order valence-electron chi connectivity index (χ0n) is 17.6. The second kappa shape index (κ2) is 9.09. The molecule has 2 aromatic carbocycles. The molecule has 0 saturated heterocycles. The molecule has 0 spiro atoms. The van der Waals surface area contributed by atoms with E-state index in [-0.39, 0.29) is 0 Å². The summed E-state index contributed by atoms with van der Waals surface area (Å²) in [5, 5.41) is 3.71.